The number of nitrogens with two attached hydrogens (primary N) is 1. The van der Waals surface area contributed by atoms with Gasteiger partial charge in [0.2, 0.25) is 0 Å². The third-order valence-electron chi connectivity index (χ3n) is 3.65. The van der Waals surface area contributed by atoms with Gasteiger partial charge in [-0.2, -0.15) is 0 Å². The van der Waals surface area contributed by atoms with Crippen LogP contribution in [0.4, 0.5) is 10.1 Å². The van der Waals surface area contributed by atoms with E-state index in [2.05, 4.69) is 15.9 Å². The third-order valence-corrected chi connectivity index (χ3v) is 4.30. The zero-order valence-corrected chi connectivity index (χ0v) is 11.8. The van der Waals surface area contributed by atoms with Crippen molar-refractivity contribution < 1.29 is 13.9 Å². The summed E-state index contributed by atoms with van der Waals surface area (Å²) in [5.41, 5.74) is 5.92. The van der Waals surface area contributed by atoms with Crippen LogP contribution in [0.3, 0.4) is 0 Å². The van der Waals surface area contributed by atoms with E-state index in [0.717, 1.165) is 12.8 Å². The van der Waals surface area contributed by atoms with Crippen molar-refractivity contribution in [3.05, 3.63) is 28.0 Å². The number of morpholine rings is 1. The summed E-state index contributed by atoms with van der Waals surface area (Å²) in [6.07, 6.45) is 2.28. The number of carbonyl (C=O) groups excluding carboxylic acids is 1. The molecule has 0 radical (unpaired) electrons. The zero-order chi connectivity index (χ0) is 13.6. The van der Waals surface area contributed by atoms with Gasteiger partial charge in [0.25, 0.3) is 5.91 Å². The zero-order valence-electron chi connectivity index (χ0n) is 10.2. The van der Waals surface area contributed by atoms with Gasteiger partial charge in [-0.25, -0.2) is 4.39 Å². The molecule has 1 aromatic carbocycles. The van der Waals surface area contributed by atoms with Gasteiger partial charge in [0.1, 0.15) is 5.82 Å². The number of likely N-dealkylation sites (tertiary alicyclic amines) is 1. The largest absolute Gasteiger partial charge is 0.396 e. The number of carbonyl (C=O) groups is 1. The van der Waals surface area contributed by atoms with E-state index in [-0.39, 0.29) is 23.8 Å². The Morgan fingerprint density at radius 2 is 2.00 bits per heavy atom. The molecule has 4 nitrogen and oxygen atoms in total. The predicted octanol–water partition coefficient (Wildman–Crippen LogP) is 2.17. The molecular formula is C13H14BrFN2O2. The smallest absolute Gasteiger partial charge is 0.255 e. The number of fused-ring (bicyclic) bond motifs is 2. The molecule has 0 saturated carbocycles. The van der Waals surface area contributed by atoms with E-state index in [1.54, 1.807) is 4.90 Å². The molecule has 2 bridgehead atoms. The fourth-order valence-corrected chi connectivity index (χ4v) is 3.17. The van der Waals surface area contributed by atoms with E-state index >= 15 is 0 Å². The van der Waals surface area contributed by atoms with Crippen LogP contribution in [-0.4, -0.2) is 36.1 Å². The minimum Gasteiger partial charge on any atom is -0.396 e. The van der Waals surface area contributed by atoms with E-state index in [9.17, 15) is 9.18 Å². The first-order valence-corrected chi connectivity index (χ1v) is 7.03. The van der Waals surface area contributed by atoms with E-state index in [1.807, 2.05) is 0 Å². The van der Waals surface area contributed by atoms with Crippen molar-refractivity contribution in [1.82, 2.24) is 4.90 Å². The summed E-state index contributed by atoms with van der Waals surface area (Å²) in [5.74, 6) is -0.649. The Bertz CT molecular complexity index is 526. The fraction of sp³-hybridized carbons (Fsp3) is 0.462. The van der Waals surface area contributed by atoms with Crippen LogP contribution in [0.2, 0.25) is 0 Å². The number of hydrogen-bond donors (Lipinski definition) is 1. The molecule has 2 heterocycles. The molecule has 2 N–H and O–H groups in total. The fourth-order valence-electron chi connectivity index (χ4n) is 2.68. The number of halogens is 2. The highest BCUT2D eigenvalue weighted by molar-refractivity contribution is 9.10. The Morgan fingerprint density at radius 3 is 2.63 bits per heavy atom. The van der Waals surface area contributed by atoms with Crippen LogP contribution in [0.1, 0.15) is 23.2 Å². The monoisotopic (exact) mass is 328 g/mol. The summed E-state index contributed by atoms with van der Waals surface area (Å²) < 4.78 is 19.4. The Labute approximate surface area is 118 Å². The van der Waals surface area contributed by atoms with Gasteiger partial charge in [0.15, 0.2) is 0 Å². The quantitative estimate of drug-likeness (QED) is 0.804. The van der Waals surface area contributed by atoms with E-state index in [1.165, 1.54) is 12.1 Å². The molecule has 0 spiro atoms. The van der Waals surface area contributed by atoms with E-state index in [4.69, 9.17) is 10.5 Å². The SMILES string of the molecule is Nc1cc(C(=O)N2CC3CCC(C2)O3)c(Br)cc1F. The molecule has 2 saturated heterocycles. The second kappa shape index (κ2) is 4.76. The average Bonchev–Trinajstić information content (AvgIpc) is 2.72. The minimum atomic E-state index is -0.523. The topological polar surface area (TPSA) is 55.6 Å². The number of benzene rings is 1. The Hall–Kier alpha value is -1.14. The average molecular weight is 329 g/mol. The van der Waals surface area contributed by atoms with Crippen LogP contribution in [0.5, 0.6) is 0 Å². The molecule has 2 aliphatic rings. The molecule has 19 heavy (non-hydrogen) atoms. The summed E-state index contributed by atoms with van der Waals surface area (Å²) in [6.45, 7) is 1.19. The predicted molar refractivity (Wildman–Crippen MR) is 72.3 cm³/mol. The van der Waals surface area contributed by atoms with Crippen molar-refractivity contribution in [2.75, 3.05) is 18.8 Å². The van der Waals surface area contributed by atoms with Crippen LogP contribution in [-0.2, 0) is 4.74 Å². The summed E-state index contributed by atoms with van der Waals surface area (Å²) >= 11 is 3.22. The number of ether oxygens (including phenoxy) is 1. The summed E-state index contributed by atoms with van der Waals surface area (Å²) in [5, 5.41) is 0. The molecule has 3 rings (SSSR count). The third kappa shape index (κ3) is 2.34. The summed E-state index contributed by atoms with van der Waals surface area (Å²) in [4.78, 5) is 14.2. The van der Waals surface area contributed by atoms with Crippen LogP contribution < -0.4 is 5.73 Å². The van der Waals surface area contributed by atoms with E-state index in [0.29, 0.717) is 23.1 Å². The van der Waals surface area contributed by atoms with Gasteiger partial charge in [-0.3, -0.25) is 4.79 Å². The van der Waals surface area contributed by atoms with Crippen molar-refractivity contribution in [1.29, 1.82) is 0 Å². The molecule has 2 aliphatic heterocycles. The molecule has 2 fully saturated rings. The molecule has 6 heteroatoms. The normalized spacial score (nSPS) is 25.7. The van der Waals surface area contributed by atoms with Crippen molar-refractivity contribution in [2.45, 2.75) is 25.0 Å². The lowest BCUT2D eigenvalue weighted by molar-refractivity contribution is -0.0303. The van der Waals surface area contributed by atoms with Crippen molar-refractivity contribution >= 4 is 27.5 Å². The van der Waals surface area contributed by atoms with Gasteiger partial charge in [-0.05, 0) is 40.9 Å². The van der Waals surface area contributed by atoms with Crippen molar-refractivity contribution in [3.8, 4) is 0 Å². The maximum Gasteiger partial charge on any atom is 0.255 e. The maximum absolute atomic E-state index is 13.3. The Morgan fingerprint density at radius 1 is 1.37 bits per heavy atom. The first kappa shape index (κ1) is 12.9. The number of anilines is 1. The Balaban J connectivity index is 1.86. The molecule has 102 valence electrons. The number of nitrogens with zero attached hydrogens (tertiary/aromatic N) is 1. The maximum atomic E-state index is 13.3. The number of rotatable bonds is 1. The van der Waals surface area contributed by atoms with Crippen LogP contribution in [0.15, 0.2) is 16.6 Å². The highest BCUT2D eigenvalue weighted by Crippen LogP contribution is 2.29. The van der Waals surface area contributed by atoms with E-state index < -0.39 is 5.82 Å². The lowest BCUT2D eigenvalue weighted by Crippen LogP contribution is -2.45. The first-order chi connectivity index (χ1) is 9.04. The lowest BCUT2D eigenvalue weighted by atomic mass is 10.1. The van der Waals surface area contributed by atoms with Crippen molar-refractivity contribution in [3.63, 3.8) is 0 Å². The highest BCUT2D eigenvalue weighted by Gasteiger charge is 2.36. The minimum absolute atomic E-state index is 0.0113. The van der Waals surface area contributed by atoms with Gasteiger partial charge in [-0.1, -0.05) is 0 Å². The van der Waals surface area contributed by atoms with Gasteiger partial charge >= 0.3 is 0 Å². The molecule has 0 aromatic heterocycles. The number of nitrogen functional groups attached to an aromatic ring is 1. The molecule has 1 aromatic rings. The molecular weight excluding hydrogens is 315 g/mol. The molecule has 2 unspecified atom stereocenters. The van der Waals surface area contributed by atoms with Crippen LogP contribution >= 0.6 is 15.9 Å². The van der Waals surface area contributed by atoms with Gasteiger partial charge < -0.3 is 15.4 Å². The van der Waals surface area contributed by atoms with Crippen LogP contribution in [0.25, 0.3) is 0 Å². The second-order valence-corrected chi connectivity index (χ2v) is 5.88. The standard InChI is InChI=1S/C13H14BrFN2O2/c14-10-4-11(15)12(16)3-9(10)13(18)17-5-7-1-2-8(6-17)19-7/h3-4,7-8H,1-2,5-6,16H2. The van der Waals surface area contributed by atoms with Crippen molar-refractivity contribution in [2.24, 2.45) is 0 Å². The second-order valence-electron chi connectivity index (χ2n) is 5.02. The van der Waals surface area contributed by atoms with Crippen LogP contribution in [0, 0.1) is 5.82 Å². The molecule has 2 atom stereocenters. The lowest BCUT2D eigenvalue weighted by Gasteiger charge is -2.32. The number of amides is 1. The summed E-state index contributed by atoms with van der Waals surface area (Å²) in [6, 6.07) is 2.62. The van der Waals surface area contributed by atoms with Gasteiger partial charge in [-0.15, -0.1) is 0 Å². The molecule has 1 amide bonds. The van der Waals surface area contributed by atoms with Gasteiger partial charge in [0.05, 0.1) is 23.5 Å². The summed E-state index contributed by atoms with van der Waals surface area (Å²) in [7, 11) is 0. The van der Waals surface area contributed by atoms with Gasteiger partial charge in [0, 0.05) is 17.6 Å². The first-order valence-electron chi connectivity index (χ1n) is 6.24. The number of hydrogen-bond acceptors (Lipinski definition) is 3. The highest BCUT2D eigenvalue weighted by atomic mass is 79.9. The Kier molecular flexibility index (Phi) is 3.22. The molecule has 0 aliphatic carbocycles.